The SMILES string of the molecule is CC(c1nc(N)nc(Nc2ccccc2)n1)N1CCN(Cc2ccccc2)CC1. The van der Waals surface area contributed by atoms with Gasteiger partial charge in [0.2, 0.25) is 11.9 Å². The van der Waals surface area contributed by atoms with Gasteiger partial charge in [-0.15, -0.1) is 0 Å². The second-order valence-electron chi connectivity index (χ2n) is 7.34. The van der Waals surface area contributed by atoms with Gasteiger partial charge in [0.15, 0.2) is 5.82 Å². The fourth-order valence-corrected chi connectivity index (χ4v) is 3.62. The smallest absolute Gasteiger partial charge is 0.232 e. The normalized spacial score (nSPS) is 16.4. The molecule has 2 heterocycles. The molecule has 0 spiro atoms. The second kappa shape index (κ2) is 8.98. The fraction of sp³-hybridized carbons (Fsp3) is 0.318. The van der Waals surface area contributed by atoms with Gasteiger partial charge in [0.25, 0.3) is 0 Å². The van der Waals surface area contributed by atoms with E-state index in [-0.39, 0.29) is 12.0 Å². The molecule has 1 aromatic heterocycles. The first-order valence-electron chi connectivity index (χ1n) is 10.0. The number of hydrogen-bond acceptors (Lipinski definition) is 7. The lowest BCUT2D eigenvalue weighted by atomic mass is 10.1. The van der Waals surface area contributed by atoms with Gasteiger partial charge in [0, 0.05) is 38.4 Å². The average Bonchev–Trinajstić information content (AvgIpc) is 2.75. The molecule has 0 radical (unpaired) electrons. The average molecular weight is 390 g/mol. The summed E-state index contributed by atoms with van der Waals surface area (Å²) < 4.78 is 0. The van der Waals surface area contributed by atoms with E-state index >= 15 is 0 Å². The molecule has 0 aliphatic carbocycles. The molecule has 1 unspecified atom stereocenters. The molecule has 150 valence electrons. The zero-order chi connectivity index (χ0) is 20.1. The third-order valence-corrected chi connectivity index (χ3v) is 5.28. The molecule has 4 rings (SSSR count). The highest BCUT2D eigenvalue weighted by Gasteiger charge is 2.24. The Morgan fingerprint density at radius 1 is 0.897 bits per heavy atom. The Bertz CT molecular complexity index is 909. The monoisotopic (exact) mass is 389 g/mol. The number of hydrogen-bond donors (Lipinski definition) is 2. The van der Waals surface area contributed by atoms with Gasteiger partial charge in [0.1, 0.15) is 0 Å². The molecular formula is C22H27N7. The van der Waals surface area contributed by atoms with Crippen molar-refractivity contribution in [1.82, 2.24) is 24.8 Å². The van der Waals surface area contributed by atoms with Gasteiger partial charge in [-0.3, -0.25) is 9.80 Å². The predicted octanol–water partition coefficient (Wildman–Crippen LogP) is 3.08. The summed E-state index contributed by atoms with van der Waals surface area (Å²) in [5.74, 6) is 1.42. The van der Waals surface area contributed by atoms with Crippen molar-refractivity contribution in [2.24, 2.45) is 0 Å². The first-order valence-corrected chi connectivity index (χ1v) is 10.0. The van der Waals surface area contributed by atoms with Crippen LogP contribution in [0.25, 0.3) is 0 Å². The number of rotatable bonds is 6. The van der Waals surface area contributed by atoms with Crippen LogP contribution in [0.4, 0.5) is 17.6 Å². The van der Waals surface area contributed by atoms with Crippen molar-refractivity contribution in [1.29, 1.82) is 0 Å². The molecule has 0 bridgehead atoms. The summed E-state index contributed by atoms with van der Waals surface area (Å²) in [4.78, 5) is 18.1. The number of aromatic nitrogens is 3. The van der Waals surface area contributed by atoms with Crippen molar-refractivity contribution in [2.45, 2.75) is 19.5 Å². The first kappa shape index (κ1) is 19.3. The molecule has 2 aromatic carbocycles. The lowest BCUT2D eigenvalue weighted by molar-refractivity contribution is 0.0948. The van der Waals surface area contributed by atoms with Crippen molar-refractivity contribution in [2.75, 3.05) is 37.2 Å². The largest absolute Gasteiger partial charge is 0.368 e. The third kappa shape index (κ3) is 5.07. The molecule has 0 amide bonds. The van der Waals surface area contributed by atoms with Crippen molar-refractivity contribution < 1.29 is 0 Å². The van der Waals surface area contributed by atoms with Crippen molar-refractivity contribution in [3.8, 4) is 0 Å². The molecule has 3 aromatic rings. The quantitative estimate of drug-likeness (QED) is 0.670. The highest BCUT2D eigenvalue weighted by molar-refractivity contribution is 5.53. The number of nitrogens with two attached hydrogens (primary N) is 1. The highest BCUT2D eigenvalue weighted by atomic mass is 15.3. The molecule has 29 heavy (non-hydrogen) atoms. The van der Waals surface area contributed by atoms with E-state index < -0.39 is 0 Å². The molecule has 1 fully saturated rings. The zero-order valence-corrected chi connectivity index (χ0v) is 16.7. The van der Waals surface area contributed by atoms with E-state index in [4.69, 9.17) is 5.73 Å². The van der Waals surface area contributed by atoms with Crippen LogP contribution in [0.15, 0.2) is 60.7 Å². The van der Waals surface area contributed by atoms with E-state index in [9.17, 15) is 0 Å². The number of benzene rings is 2. The number of nitrogen functional groups attached to an aromatic ring is 1. The maximum absolute atomic E-state index is 5.96. The summed E-state index contributed by atoms with van der Waals surface area (Å²) in [6.07, 6.45) is 0. The molecule has 1 aliphatic heterocycles. The van der Waals surface area contributed by atoms with Crippen LogP contribution in [0.5, 0.6) is 0 Å². The van der Waals surface area contributed by atoms with Gasteiger partial charge >= 0.3 is 0 Å². The van der Waals surface area contributed by atoms with Gasteiger partial charge in [0.05, 0.1) is 6.04 Å². The molecular weight excluding hydrogens is 362 g/mol. The van der Waals surface area contributed by atoms with E-state index in [2.05, 4.69) is 67.3 Å². The molecule has 0 saturated carbocycles. The summed E-state index contributed by atoms with van der Waals surface area (Å²) in [7, 11) is 0. The fourth-order valence-electron chi connectivity index (χ4n) is 3.62. The number of anilines is 3. The molecule has 1 saturated heterocycles. The van der Waals surface area contributed by atoms with E-state index in [0.717, 1.165) is 38.4 Å². The summed E-state index contributed by atoms with van der Waals surface area (Å²) in [5, 5.41) is 3.21. The predicted molar refractivity (Wildman–Crippen MR) is 116 cm³/mol. The molecule has 1 aliphatic rings. The maximum Gasteiger partial charge on any atom is 0.232 e. The summed E-state index contributed by atoms with van der Waals surface area (Å²) in [6.45, 7) is 7.12. The van der Waals surface area contributed by atoms with Crippen LogP contribution < -0.4 is 11.1 Å². The van der Waals surface area contributed by atoms with Gasteiger partial charge in [-0.2, -0.15) is 15.0 Å². The molecule has 1 atom stereocenters. The highest BCUT2D eigenvalue weighted by Crippen LogP contribution is 2.22. The minimum atomic E-state index is 0.0792. The van der Waals surface area contributed by atoms with Crippen LogP contribution in [0, 0.1) is 0 Å². The minimum absolute atomic E-state index is 0.0792. The van der Waals surface area contributed by atoms with Gasteiger partial charge < -0.3 is 11.1 Å². The van der Waals surface area contributed by atoms with Crippen LogP contribution in [0.3, 0.4) is 0 Å². The second-order valence-corrected chi connectivity index (χ2v) is 7.34. The number of para-hydroxylation sites is 1. The standard InChI is InChI=1S/C22H27N7/c1-17(29-14-12-28(13-15-29)16-18-8-4-2-5-9-18)20-25-21(23)27-22(26-20)24-19-10-6-3-7-11-19/h2-11,17H,12-16H2,1H3,(H3,23,24,25,26,27). The molecule has 7 nitrogen and oxygen atoms in total. The Balaban J connectivity index is 1.39. The van der Waals surface area contributed by atoms with E-state index in [1.165, 1.54) is 5.56 Å². The van der Waals surface area contributed by atoms with Gasteiger partial charge in [-0.1, -0.05) is 48.5 Å². The zero-order valence-electron chi connectivity index (χ0n) is 16.7. The first-order chi connectivity index (χ1) is 14.2. The summed E-state index contributed by atoms with van der Waals surface area (Å²) >= 11 is 0. The van der Waals surface area contributed by atoms with Gasteiger partial charge in [-0.25, -0.2) is 0 Å². The third-order valence-electron chi connectivity index (χ3n) is 5.28. The summed E-state index contributed by atoms with van der Waals surface area (Å²) in [5.41, 5.74) is 8.24. The minimum Gasteiger partial charge on any atom is -0.368 e. The Hall–Kier alpha value is -3.03. The van der Waals surface area contributed by atoms with Gasteiger partial charge in [-0.05, 0) is 24.6 Å². The Labute approximate surface area is 171 Å². The van der Waals surface area contributed by atoms with Crippen molar-refractivity contribution >= 4 is 17.6 Å². The van der Waals surface area contributed by atoms with Crippen LogP contribution in [-0.4, -0.2) is 50.9 Å². The van der Waals surface area contributed by atoms with Crippen molar-refractivity contribution in [3.63, 3.8) is 0 Å². The topological polar surface area (TPSA) is 83.2 Å². The Kier molecular flexibility index (Phi) is 5.97. The van der Waals surface area contributed by atoms with Crippen LogP contribution in [0.1, 0.15) is 24.4 Å². The number of piperazine rings is 1. The Morgan fingerprint density at radius 2 is 1.55 bits per heavy atom. The Morgan fingerprint density at radius 3 is 2.24 bits per heavy atom. The van der Waals surface area contributed by atoms with Crippen molar-refractivity contribution in [3.05, 3.63) is 72.1 Å². The molecule has 3 N–H and O–H groups in total. The number of nitrogens with zero attached hydrogens (tertiary/aromatic N) is 5. The number of nitrogens with one attached hydrogen (secondary N) is 1. The lowest BCUT2D eigenvalue weighted by Gasteiger charge is -2.37. The van der Waals surface area contributed by atoms with Crippen LogP contribution in [-0.2, 0) is 6.54 Å². The van der Waals surface area contributed by atoms with Crippen LogP contribution in [0.2, 0.25) is 0 Å². The van der Waals surface area contributed by atoms with E-state index in [1.807, 2.05) is 30.3 Å². The lowest BCUT2D eigenvalue weighted by Crippen LogP contribution is -2.47. The molecule has 7 heteroatoms. The summed E-state index contributed by atoms with van der Waals surface area (Å²) in [6, 6.07) is 20.5. The van der Waals surface area contributed by atoms with Crippen LogP contribution >= 0.6 is 0 Å². The van der Waals surface area contributed by atoms with E-state index in [0.29, 0.717) is 11.8 Å². The van der Waals surface area contributed by atoms with E-state index in [1.54, 1.807) is 0 Å². The maximum atomic E-state index is 5.96.